The number of fused-ring (bicyclic) bond motifs is 1. The molecule has 3 aromatic heterocycles. The van der Waals surface area contributed by atoms with Gasteiger partial charge in [0.2, 0.25) is 0 Å². The number of hydrogen-bond acceptors (Lipinski definition) is 3. The SMILES string of the molecule is CCNC(=NCc1cn2cc(Br)ccc2n1)NCCCn1cccn1.I. The molecule has 0 bridgehead atoms. The van der Waals surface area contributed by atoms with Gasteiger partial charge < -0.3 is 15.0 Å². The summed E-state index contributed by atoms with van der Waals surface area (Å²) in [7, 11) is 0. The molecule has 0 radical (unpaired) electrons. The molecule has 0 atom stereocenters. The van der Waals surface area contributed by atoms with Crippen LogP contribution in [-0.2, 0) is 13.1 Å². The zero-order valence-electron chi connectivity index (χ0n) is 14.6. The molecule has 7 nitrogen and oxygen atoms in total. The topological polar surface area (TPSA) is 71.5 Å². The van der Waals surface area contributed by atoms with Gasteiger partial charge in [-0.3, -0.25) is 4.68 Å². The van der Waals surface area contributed by atoms with Crippen molar-refractivity contribution in [1.82, 2.24) is 29.8 Å². The van der Waals surface area contributed by atoms with Crippen LogP contribution >= 0.6 is 39.9 Å². The van der Waals surface area contributed by atoms with Crippen LogP contribution in [0.25, 0.3) is 5.65 Å². The van der Waals surface area contributed by atoms with Gasteiger partial charge in [0.1, 0.15) is 5.65 Å². The summed E-state index contributed by atoms with van der Waals surface area (Å²) in [6.07, 6.45) is 8.75. The molecule has 26 heavy (non-hydrogen) atoms. The van der Waals surface area contributed by atoms with Crippen LogP contribution < -0.4 is 10.6 Å². The van der Waals surface area contributed by atoms with Crippen LogP contribution in [0.5, 0.6) is 0 Å². The normalized spacial score (nSPS) is 11.4. The van der Waals surface area contributed by atoms with Crippen LogP contribution in [0.3, 0.4) is 0 Å². The zero-order valence-corrected chi connectivity index (χ0v) is 18.5. The minimum Gasteiger partial charge on any atom is -0.357 e. The number of guanidine groups is 1. The Labute approximate surface area is 178 Å². The second-order valence-corrected chi connectivity index (χ2v) is 6.51. The van der Waals surface area contributed by atoms with Crippen LogP contribution in [0.15, 0.2) is 52.5 Å². The minimum atomic E-state index is 0. The van der Waals surface area contributed by atoms with E-state index in [0.717, 1.165) is 47.8 Å². The van der Waals surface area contributed by atoms with E-state index in [9.17, 15) is 0 Å². The largest absolute Gasteiger partial charge is 0.357 e. The highest BCUT2D eigenvalue weighted by Gasteiger charge is 2.03. The quantitative estimate of drug-likeness (QED) is 0.213. The lowest BCUT2D eigenvalue weighted by atomic mass is 10.4. The van der Waals surface area contributed by atoms with Crippen molar-refractivity contribution in [3.8, 4) is 0 Å². The van der Waals surface area contributed by atoms with E-state index in [1.54, 1.807) is 6.20 Å². The minimum absolute atomic E-state index is 0. The summed E-state index contributed by atoms with van der Waals surface area (Å²) in [6, 6.07) is 5.91. The van der Waals surface area contributed by atoms with Crippen molar-refractivity contribution >= 4 is 51.5 Å². The Morgan fingerprint density at radius 2 is 2.15 bits per heavy atom. The Morgan fingerprint density at radius 1 is 1.27 bits per heavy atom. The highest BCUT2D eigenvalue weighted by atomic mass is 127. The van der Waals surface area contributed by atoms with E-state index in [0.29, 0.717) is 6.54 Å². The van der Waals surface area contributed by atoms with E-state index in [1.165, 1.54) is 0 Å². The van der Waals surface area contributed by atoms with Crippen molar-refractivity contribution < 1.29 is 0 Å². The van der Waals surface area contributed by atoms with Gasteiger partial charge in [-0.05, 0) is 47.5 Å². The molecular formula is C17H23BrIN7. The Kier molecular flexibility index (Phi) is 8.36. The van der Waals surface area contributed by atoms with Crippen molar-refractivity contribution in [3.63, 3.8) is 0 Å². The molecular weight excluding hydrogens is 509 g/mol. The number of aryl methyl sites for hydroxylation is 1. The third-order valence-electron chi connectivity index (χ3n) is 3.62. The zero-order chi connectivity index (χ0) is 17.5. The molecule has 3 rings (SSSR count). The molecule has 9 heteroatoms. The number of halogens is 2. The van der Waals surface area contributed by atoms with E-state index in [2.05, 4.69) is 48.6 Å². The summed E-state index contributed by atoms with van der Waals surface area (Å²) in [5, 5.41) is 10.8. The molecule has 0 unspecified atom stereocenters. The lowest BCUT2D eigenvalue weighted by Crippen LogP contribution is -2.38. The molecule has 3 aromatic rings. The van der Waals surface area contributed by atoms with Gasteiger partial charge in [0.05, 0.1) is 12.2 Å². The fourth-order valence-corrected chi connectivity index (χ4v) is 2.83. The predicted octanol–water partition coefficient (Wildman–Crippen LogP) is 3.06. The summed E-state index contributed by atoms with van der Waals surface area (Å²) in [6.45, 7) is 5.14. The molecule has 0 aliphatic carbocycles. The summed E-state index contributed by atoms with van der Waals surface area (Å²) < 4.78 is 4.96. The lowest BCUT2D eigenvalue weighted by molar-refractivity contribution is 0.570. The number of nitrogens with one attached hydrogen (secondary N) is 2. The number of aliphatic imine (C=N–C) groups is 1. The fourth-order valence-electron chi connectivity index (χ4n) is 2.48. The highest BCUT2D eigenvalue weighted by Crippen LogP contribution is 2.12. The van der Waals surface area contributed by atoms with Crippen molar-refractivity contribution in [2.24, 2.45) is 4.99 Å². The molecule has 2 N–H and O–H groups in total. The second-order valence-electron chi connectivity index (χ2n) is 5.59. The van der Waals surface area contributed by atoms with Gasteiger partial charge in [-0.25, -0.2) is 9.98 Å². The molecule has 0 aliphatic rings. The third kappa shape index (κ3) is 5.97. The first-order chi connectivity index (χ1) is 12.2. The third-order valence-corrected chi connectivity index (χ3v) is 4.09. The lowest BCUT2D eigenvalue weighted by Gasteiger charge is -2.10. The van der Waals surface area contributed by atoms with Crippen molar-refractivity contribution in [2.45, 2.75) is 26.4 Å². The van der Waals surface area contributed by atoms with Crippen LogP contribution in [0.1, 0.15) is 19.0 Å². The van der Waals surface area contributed by atoms with Gasteiger partial charge in [0.15, 0.2) is 5.96 Å². The molecule has 0 saturated heterocycles. The molecule has 0 amide bonds. The first kappa shape index (κ1) is 20.7. The molecule has 3 heterocycles. The summed E-state index contributed by atoms with van der Waals surface area (Å²) >= 11 is 3.47. The maximum absolute atomic E-state index is 4.62. The van der Waals surface area contributed by atoms with Gasteiger partial charge in [-0.2, -0.15) is 5.10 Å². The summed E-state index contributed by atoms with van der Waals surface area (Å²) in [5.41, 5.74) is 1.86. The summed E-state index contributed by atoms with van der Waals surface area (Å²) in [5.74, 6) is 0.807. The number of pyridine rings is 1. The smallest absolute Gasteiger partial charge is 0.191 e. The number of imidazole rings is 1. The van der Waals surface area contributed by atoms with E-state index in [1.807, 2.05) is 45.9 Å². The monoisotopic (exact) mass is 531 g/mol. The van der Waals surface area contributed by atoms with Gasteiger partial charge in [-0.1, -0.05) is 0 Å². The van der Waals surface area contributed by atoms with E-state index < -0.39 is 0 Å². The number of rotatable bonds is 7. The number of nitrogens with zero attached hydrogens (tertiary/aromatic N) is 5. The number of aromatic nitrogens is 4. The second kappa shape index (κ2) is 10.5. The molecule has 0 saturated carbocycles. The maximum atomic E-state index is 4.62. The molecule has 0 spiro atoms. The first-order valence-electron chi connectivity index (χ1n) is 8.37. The average molecular weight is 532 g/mol. The van der Waals surface area contributed by atoms with E-state index >= 15 is 0 Å². The Hall–Kier alpha value is -1.62. The molecule has 140 valence electrons. The van der Waals surface area contributed by atoms with Crippen molar-refractivity contribution in [2.75, 3.05) is 13.1 Å². The van der Waals surface area contributed by atoms with E-state index in [4.69, 9.17) is 0 Å². The Bertz CT molecular complexity index is 829. The van der Waals surface area contributed by atoms with E-state index in [-0.39, 0.29) is 24.0 Å². The Balaban J connectivity index is 0.00000243. The van der Waals surface area contributed by atoms with Crippen LogP contribution in [0.4, 0.5) is 0 Å². The highest BCUT2D eigenvalue weighted by molar-refractivity contribution is 14.0. The predicted molar refractivity (Wildman–Crippen MR) is 118 cm³/mol. The standard InChI is InChI=1S/C17H22BrN7.HI/c1-2-19-17(20-7-3-9-25-10-4-8-22-25)21-11-15-13-24-12-14(18)5-6-16(24)23-15;/h4-6,8,10,12-13H,2-3,7,9,11H2,1H3,(H2,19,20,21);1H. The van der Waals surface area contributed by atoms with Crippen LogP contribution in [0.2, 0.25) is 0 Å². The van der Waals surface area contributed by atoms with Crippen LogP contribution in [0, 0.1) is 0 Å². The molecule has 0 aromatic carbocycles. The van der Waals surface area contributed by atoms with Gasteiger partial charge in [0.25, 0.3) is 0 Å². The first-order valence-corrected chi connectivity index (χ1v) is 9.16. The van der Waals surface area contributed by atoms with Crippen LogP contribution in [-0.4, -0.2) is 38.2 Å². The van der Waals surface area contributed by atoms with Gasteiger partial charge >= 0.3 is 0 Å². The number of hydrogen-bond donors (Lipinski definition) is 2. The average Bonchev–Trinajstić information content (AvgIpc) is 3.25. The molecule has 0 aliphatic heterocycles. The Morgan fingerprint density at radius 3 is 2.92 bits per heavy atom. The summed E-state index contributed by atoms with van der Waals surface area (Å²) in [4.78, 5) is 9.20. The van der Waals surface area contributed by atoms with Crippen molar-refractivity contribution in [1.29, 1.82) is 0 Å². The van der Waals surface area contributed by atoms with Crippen molar-refractivity contribution in [3.05, 3.63) is 53.2 Å². The maximum Gasteiger partial charge on any atom is 0.191 e. The van der Waals surface area contributed by atoms with Gasteiger partial charge in [-0.15, -0.1) is 24.0 Å². The van der Waals surface area contributed by atoms with Gasteiger partial charge in [0, 0.05) is 48.9 Å². The molecule has 0 fully saturated rings. The fraction of sp³-hybridized carbons (Fsp3) is 0.353.